The Labute approximate surface area is 204 Å². The van der Waals surface area contributed by atoms with E-state index in [1.54, 1.807) is 19.1 Å². The maximum absolute atomic E-state index is 13.4. The zero-order chi connectivity index (χ0) is 25.3. The molecule has 7 nitrogen and oxygen atoms in total. The molecular formula is C23H15ClF3N3O4S. The monoisotopic (exact) mass is 521 g/mol. The largest absolute Gasteiger partial charge is 0.461 e. The third kappa shape index (κ3) is 4.77. The van der Waals surface area contributed by atoms with Gasteiger partial charge in [0.2, 0.25) is 0 Å². The number of carbonyl (C=O) groups excluding carboxylic acids is 2. The lowest BCUT2D eigenvalue weighted by molar-refractivity contribution is -0.137. The van der Waals surface area contributed by atoms with Crippen molar-refractivity contribution < 1.29 is 27.5 Å². The summed E-state index contributed by atoms with van der Waals surface area (Å²) in [5.74, 6) is -1.42. The van der Waals surface area contributed by atoms with Crippen molar-refractivity contribution >= 4 is 50.6 Å². The molecule has 0 fully saturated rings. The number of alkyl halides is 3. The van der Waals surface area contributed by atoms with Crippen LogP contribution in [0.1, 0.15) is 33.3 Å². The van der Waals surface area contributed by atoms with Crippen molar-refractivity contribution in [3.63, 3.8) is 0 Å². The van der Waals surface area contributed by atoms with E-state index in [1.165, 1.54) is 17.5 Å². The first-order chi connectivity index (χ1) is 16.6. The van der Waals surface area contributed by atoms with Crippen molar-refractivity contribution in [1.82, 2.24) is 9.78 Å². The Bertz CT molecular complexity index is 1500. The molecule has 0 atom stereocenters. The fourth-order valence-electron chi connectivity index (χ4n) is 3.27. The van der Waals surface area contributed by atoms with Gasteiger partial charge in [-0.1, -0.05) is 23.7 Å². The Morgan fingerprint density at radius 2 is 1.83 bits per heavy atom. The van der Waals surface area contributed by atoms with E-state index in [0.717, 1.165) is 40.3 Å². The van der Waals surface area contributed by atoms with Gasteiger partial charge in [-0.05, 0) is 43.3 Å². The molecule has 1 N–H and O–H groups in total. The Hall–Kier alpha value is -3.70. The van der Waals surface area contributed by atoms with E-state index in [4.69, 9.17) is 16.3 Å². The van der Waals surface area contributed by atoms with E-state index in [0.29, 0.717) is 0 Å². The number of nitrogens with one attached hydrogen (secondary N) is 1. The molecule has 0 spiro atoms. The first kappa shape index (κ1) is 24.4. The normalized spacial score (nSPS) is 11.5. The second kappa shape index (κ2) is 9.51. The lowest BCUT2D eigenvalue weighted by Crippen LogP contribution is -2.25. The molecule has 4 rings (SSSR count). The molecule has 0 aliphatic heterocycles. The third-order valence-corrected chi connectivity index (χ3v) is 6.13. The number of aromatic nitrogens is 2. The lowest BCUT2D eigenvalue weighted by Gasteiger charge is -2.11. The van der Waals surface area contributed by atoms with Crippen LogP contribution >= 0.6 is 22.9 Å². The molecule has 0 saturated heterocycles. The summed E-state index contributed by atoms with van der Waals surface area (Å²) >= 11 is 7.07. The van der Waals surface area contributed by atoms with Crippen LogP contribution in [-0.2, 0) is 10.9 Å². The summed E-state index contributed by atoms with van der Waals surface area (Å²) in [7, 11) is 0. The van der Waals surface area contributed by atoms with Gasteiger partial charge in [-0.25, -0.2) is 4.79 Å². The summed E-state index contributed by atoms with van der Waals surface area (Å²) in [6.07, 6.45) is -4.57. The standard InChI is InChI=1S/C23H15ClF3N3O4S/c1-2-34-22(33)18-15-11-35-20(28-19(31)14-5-3-4-6-16(14)24)17(15)21(32)30(29-18)13-9-7-12(8-10-13)23(25,26)27/h3-11H,2H2,1H3,(H,28,31). The van der Waals surface area contributed by atoms with Gasteiger partial charge in [-0.3, -0.25) is 9.59 Å². The van der Waals surface area contributed by atoms with Gasteiger partial charge >= 0.3 is 12.1 Å². The van der Waals surface area contributed by atoms with E-state index in [9.17, 15) is 27.6 Å². The molecule has 35 heavy (non-hydrogen) atoms. The van der Waals surface area contributed by atoms with Crippen LogP contribution in [0, 0.1) is 0 Å². The molecule has 0 aliphatic rings. The van der Waals surface area contributed by atoms with Gasteiger partial charge in [0.05, 0.1) is 33.8 Å². The van der Waals surface area contributed by atoms with Gasteiger partial charge in [-0.15, -0.1) is 11.3 Å². The van der Waals surface area contributed by atoms with Crippen LogP contribution in [0.15, 0.2) is 58.7 Å². The van der Waals surface area contributed by atoms with Crippen LogP contribution in [-0.4, -0.2) is 28.3 Å². The van der Waals surface area contributed by atoms with Gasteiger partial charge < -0.3 is 10.1 Å². The SMILES string of the molecule is CCOC(=O)c1nn(-c2ccc(C(F)(F)F)cc2)c(=O)c2c(NC(=O)c3ccccc3Cl)scc12. The number of fused-ring (bicyclic) bond motifs is 1. The predicted octanol–water partition coefficient (Wildman–Crippen LogP) is 5.55. The molecule has 0 radical (unpaired) electrons. The maximum Gasteiger partial charge on any atom is 0.416 e. The molecule has 0 bridgehead atoms. The summed E-state index contributed by atoms with van der Waals surface area (Å²) in [4.78, 5) is 38.7. The maximum atomic E-state index is 13.4. The van der Waals surface area contributed by atoms with Crippen LogP contribution in [0.2, 0.25) is 5.02 Å². The number of hydrogen-bond donors (Lipinski definition) is 1. The fourth-order valence-corrected chi connectivity index (χ4v) is 4.43. The molecule has 2 aromatic heterocycles. The molecule has 1 amide bonds. The van der Waals surface area contributed by atoms with Crippen molar-refractivity contribution in [3.8, 4) is 5.69 Å². The van der Waals surface area contributed by atoms with Crippen molar-refractivity contribution in [1.29, 1.82) is 0 Å². The van der Waals surface area contributed by atoms with E-state index < -0.39 is 29.2 Å². The number of carbonyl (C=O) groups is 2. The summed E-state index contributed by atoms with van der Waals surface area (Å²) in [6, 6.07) is 10.0. The first-order valence-corrected chi connectivity index (χ1v) is 11.3. The first-order valence-electron chi connectivity index (χ1n) is 10.1. The van der Waals surface area contributed by atoms with Gasteiger partial charge in [0.15, 0.2) is 5.69 Å². The minimum absolute atomic E-state index is 0.00923. The summed E-state index contributed by atoms with van der Waals surface area (Å²) < 4.78 is 44.8. The minimum Gasteiger partial charge on any atom is -0.461 e. The van der Waals surface area contributed by atoms with E-state index in [-0.39, 0.29) is 44.3 Å². The number of nitrogens with zero attached hydrogens (tertiary/aromatic N) is 2. The summed E-state index contributed by atoms with van der Waals surface area (Å²) in [5.41, 5.74) is -1.73. The quantitative estimate of drug-likeness (QED) is 0.348. The second-order valence-electron chi connectivity index (χ2n) is 7.12. The molecule has 2 heterocycles. The number of rotatable bonds is 5. The smallest absolute Gasteiger partial charge is 0.416 e. The number of amides is 1. The van der Waals surface area contributed by atoms with Gasteiger partial charge in [0.1, 0.15) is 5.00 Å². The van der Waals surface area contributed by atoms with Gasteiger partial charge in [-0.2, -0.15) is 23.0 Å². The highest BCUT2D eigenvalue weighted by atomic mass is 35.5. The minimum atomic E-state index is -4.57. The van der Waals surface area contributed by atoms with E-state index >= 15 is 0 Å². The average molecular weight is 522 g/mol. The Morgan fingerprint density at radius 1 is 1.14 bits per heavy atom. The van der Waals surface area contributed by atoms with Gasteiger partial charge in [0.25, 0.3) is 11.5 Å². The molecule has 12 heteroatoms. The number of esters is 1. The van der Waals surface area contributed by atoms with Crippen molar-refractivity contribution in [2.45, 2.75) is 13.1 Å². The van der Waals surface area contributed by atoms with Crippen LogP contribution in [0.4, 0.5) is 18.2 Å². The highest BCUT2D eigenvalue weighted by Crippen LogP contribution is 2.32. The zero-order valence-electron chi connectivity index (χ0n) is 17.9. The lowest BCUT2D eigenvalue weighted by atomic mass is 10.2. The summed E-state index contributed by atoms with van der Waals surface area (Å²) in [5, 5.41) is 8.55. The summed E-state index contributed by atoms with van der Waals surface area (Å²) in [6.45, 7) is 1.62. The van der Waals surface area contributed by atoms with Crippen LogP contribution in [0.25, 0.3) is 16.5 Å². The van der Waals surface area contributed by atoms with E-state index in [2.05, 4.69) is 10.4 Å². The highest BCUT2D eigenvalue weighted by Gasteiger charge is 2.30. The number of ether oxygens (including phenoxy) is 1. The van der Waals surface area contributed by atoms with Crippen LogP contribution in [0.5, 0.6) is 0 Å². The molecule has 0 unspecified atom stereocenters. The van der Waals surface area contributed by atoms with Gasteiger partial charge in [0, 0.05) is 10.8 Å². The number of benzene rings is 2. The Morgan fingerprint density at radius 3 is 2.46 bits per heavy atom. The van der Waals surface area contributed by atoms with Crippen molar-refractivity contribution in [2.75, 3.05) is 11.9 Å². The van der Waals surface area contributed by atoms with Crippen LogP contribution < -0.4 is 10.9 Å². The Kier molecular flexibility index (Phi) is 6.64. The third-order valence-electron chi connectivity index (χ3n) is 4.91. The van der Waals surface area contributed by atoms with E-state index in [1.807, 2.05) is 0 Å². The molecular weight excluding hydrogens is 507 g/mol. The number of halogens is 4. The zero-order valence-corrected chi connectivity index (χ0v) is 19.4. The molecule has 180 valence electrons. The fraction of sp³-hybridized carbons (Fsp3) is 0.130. The number of thiophene rings is 1. The second-order valence-corrected chi connectivity index (χ2v) is 8.40. The number of anilines is 1. The molecule has 2 aromatic carbocycles. The molecule has 0 saturated carbocycles. The number of hydrogen-bond acceptors (Lipinski definition) is 6. The van der Waals surface area contributed by atoms with Crippen LogP contribution in [0.3, 0.4) is 0 Å². The molecule has 4 aromatic rings. The molecule has 0 aliphatic carbocycles. The average Bonchev–Trinajstić information content (AvgIpc) is 3.23. The Balaban J connectivity index is 1.87. The van der Waals surface area contributed by atoms with Crippen molar-refractivity contribution in [2.24, 2.45) is 0 Å². The van der Waals surface area contributed by atoms with Crippen molar-refractivity contribution in [3.05, 3.63) is 86.1 Å². The predicted molar refractivity (Wildman–Crippen MR) is 126 cm³/mol. The topological polar surface area (TPSA) is 90.3 Å². The highest BCUT2D eigenvalue weighted by molar-refractivity contribution is 7.16.